The van der Waals surface area contributed by atoms with Gasteiger partial charge in [0.25, 0.3) is 0 Å². The summed E-state index contributed by atoms with van der Waals surface area (Å²) in [4.78, 5) is 0. The van der Waals surface area contributed by atoms with Gasteiger partial charge in [0.1, 0.15) is 0 Å². The maximum atomic E-state index is 2.33. The Hall–Kier alpha value is 0. The van der Waals surface area contributed by atoms with E-state index in [0.717, 1.165) is 5.92 Å². The Kier molecular flexibility index (Phi) is 27.6. The minimum absolute atomic E-state index is 0.954. The van der Waals surface area contributed by atoms with Crippen molar-refractivity contribution in [2.24, 2.45) is 5.92 Å². The van der Waals surface area contributed by atoms with Crippen LogP contribution < -0.4 is 0 Å². The summed E-state index contributed by atoms with van der Waals surface area (Å²) < 4.78 is 0. The second-order valence-corrected chi connectivity index (χ2v) is 7.90. The van der Waals surface area contributed by atoms with Gasteiger partial charge in [-0.3, -0.25) is 0 Å². The molecule has 0 spiro atoms. The normalized spacial score (nSPS) is 11.9. The highest BCUT2D eigenvalue weighted by Crippen LogP contribution is 2.12. The van der Waals surface area contributed by atoms with Crippen molar-refractivity contribution in [1.82, 2.24) is 0 Å². The standard InChI is InChI=1S/C16H34.C8H18/c1-3-5-7-9-11-13-15-16-14-12-10-8-6-4-2;1-4-6-7-8(3)5-2/h3-16H2,1-2H3;8H,4-7H2,1-3H3. The Morgan fingerprint density at radius 2 is 0.708 bits per heavy atom. The van der Waals surface area contributed by atoms with E-state index in [4.69, 9.17) is 0 Å². The van der Waals surface area contributed by atoms with Crippen molar-refractivity contribution in [3.05, 3.63) is 0 Å². The highest BCUT2D eigenvalue weighted by atomic mass is 14.0. The van der Waals surface area contributed by atoms with Crippen LogP contribution in [0.25, 0.3) is 0 Å². The topological polar surface area (TPSA) is 0 Å². The molecule has 0 aliphatic rings. The quantitative estimate of drug-likeness (QED) is 0.231. The van der Waals surface area contributed by atoms with E-state index in [9.17, 15) is 0 Å². The molecule has 0 N–H and O–H groups in total. The van der Waals surface area contributed by atoms with Crippen LogP contribution in [0.15, 0.2) is 0 Å². The molecule has 0 aromatic heterocycles. The van der Waals surface area contributed by atoms with Crippen molar-refractivity contribution in [3.63, 3.8) is 0 Å². The van der Waals surface area contributed by atoms with Crippen LogP contribution in [0.2, 0.25) is 0 Å². The molecule has 0 fully saturated rings. The summed E-state index contributed by atoms with van der Waals surface area (Å²) >= 11 is 0. The lowest BCUT2D eigenvalue weighted by Gasteiger charge is -2.04. The highest BCUT2D eigenvalue weighted by molar-refractivity contribution is 4.49. The van der Waals surface area contributed by atoms with Gasteiger partial charge in [-0.2, -0.15) is 0 Å². The fraction of sp³-hybridized carbons (Fsp3) is 1.00. The summed E-state index contributed by atoms with van der Waals surface area (Å²) in [5.41, 5.74) is 0. The molecule has 0 heteroatoms. The van der Waals surface area contributed by atoms with E-state index in [2.05, 4.69) is 34.6 Å². The first-order chi connectivity index (χ1) is 11.7. The predicted octanol–water partition coefficient (Wildman–Crippen LogP) is 9.71. The Bertz CT molecular complexity index is 170. The third-order valence-corrected chi connectivity index (χ3v) is 5.20. The van der Waals surface area contributed by atoms with E-state index in [0.29, 0.717) is 0 Å². The summed E-state index contributed by atoms with van der Waals surface area (Å²) in [6, 6.07) is 0. The Balaban J connectivity index is 0. The van der Waals surface area contributed by atoms with Gasteiger partial charge in [-0.1, -0.05) is 150 Å². The first-order valence-electron chi connectivity index (χ1n) is 11.7. The second kappa shape index (κ2) is 25.2. The zero-order valence-electron chi connectivity index (χ0n) is 18.3. The summed E-state index contributed by atoms with van der Waals surface area (Å²) in [5.74, 6) is 0.954. The molecule has 0 aromatic rings. The smallest absolute Gasteiger partial charge is 0.0445 e. The molecule has 1 unspecified atom stereocenters. The largest absolute Gasteiger partial charge is 0.0654 e. The molecule has 0 aliphatic heterocycles. The molecule has 0 saturated heterocycles. The van der Waals surface area contributed by atoms with Gasteiger partial charge in [0.2, 0.25) is 0 Å². The Labute approximate surface area is 156 Å². The van der Waals surface area contributed by atoms with Gasteiger partial charge in [0.05, 0.1) is 0 Å². The molecule has 0 nitrogen and oxygen atoms in total. The molecule has 24 heavy (non-hydrogen) atoms. The first-order valence-corrected chi connectivity index (χ1v) is 11.7. The van der Waals surface area contributed by atoms with Crippen molar-refractivity contribution < 1.29 is 0 Å². The van der Waals surface area contributed by atoms with Crippen LogP contribution in [0.1, 0.15) is 150 Å². The minimum Gasteiger partial charge on any atom is -0.0654 e. The van der Waals surface area contributed by atoms with Gasteiger partial charge in [0.15, 0.2) is 0 Å². The number of rotatable bonds is 17. The summed E-state index contributed by atoms with van der Waals surface area (Å²) in [7, 11) is 0. The summed E-state index contributed by atoms with van der Waals surface area (Å²) in [6.45, 7) is 11.4. The molecule has 0 bridgehead atoms. The molecule has 0 heterocycles. The predicted molar refractivity (Wildman–Crippen MR) is 115 cm³/mol. The molecule has 0 aromatic carbocycles. The molecular weight excluding hydrogens is 288 g/mol. The highest BCUT2D eigenvalue weighted by Gasteiger charge is 1.95. The lowest BCUT2D eigenvalue weighted by molar-refractivity contribution is 0.492. The average Bonchev–Trinajstić information content (AvgIpc) is 2.61. The van der Waals surface area contributed by atoms with Crippen molar-refractivity contribution in [2.45, 2.75) is 150 Å². The van der Waals surface area contributed by atoms with Gasteiger partial charge in [-0.15, -0.1) is 0 Å². The fourth-order valence-electron chi connectivity index (χ4n) is 3.02. The lowest BCUT2D eigenvalue weighted by Crippen LogP contribution is -1.89. The van der Waals surface area contributed by atoms with Crippen LogP contribution in [-0.4, -0.2) is 0 Å². The van der Waals surface area contributed by atoms with E-state index in [1.807, 2.05) is 0 Å². The van der Waals surface area contributed by atoms with Crippen LogP contribution >= 0.6 is 0 Å². The van der Waals surface area contributed by atoms with Crippen molar-refractivity contribution >= 4 is 0 Å². The zero-order chi connectivity index (χ0) is 18.3. The van der Waals surface area contributed by atoms with Crippen molar-refractivity contribution in [1.29, 1.82) is 0 Å². The summed E-state index contributed by atoms with van der Waals surface area (Å²) in [5, 5.41) is 0. The molecule has 0 rings (SSSR count). The molecular formula is C24H52. The maximum absolute atomic E-state index is 2.33. The van der Waals surface area contributed by atoms with E-state index in [-0.39, 0.29) is 0 Å². The SMILES string of the molecule is CCCCC(C)CC.CCCCCCCCCCCCCCCC. The average molecular weight is 341 g/mol. The van der Waals surface area contributed by atoms with Crippen LogP contribution in [-0.2, 0) is 0 Å². The van der Waals surface area contributed by atoms with Crippen LogP contribution in [0, 0.1) is 5.92 Å². The van der Waals surface area contributed by atoms with Gasteiger partial charge in [-0.25, -0.2) is 0 Å². The van der Waals surface area contributed by atoms with Crippen LogP contribution in [0.3, 0.4) is 0 Å². The molecule has 1 atom stereocenters. The van der Waals surface area contributed by atoms with Crippen molar-refractivity contribution in [2.75, 3.05) is 0 Å². The van der Waals surface area contributed by atoms with Crippen LogP contribution in [0.4, 0.5) is 0 Å². The van der Waals surface area contributed by atoms with E-state index in [1.54, 1.807) is 0 Å². The lowest BCUT2D eigenvalue weighted by atomic mass is 10.0. The zero-order valence-corrected chi connectivity index (χ0v) is 18.3. The summed E-state index contributed by atoms with van der Waals surface area (Å²) in [6.07, 6.45) is 26.0. The molecule has 0 amide bonds. The number of hydrogen-bond donors (Lipinski definition) is 0. The van der Waals surface area contributed by atoms with Gasteiger partial charge >= 0.3 is 0 Å². The molecule has 0 aliphatic carbocycles. The molecule has 148 valence electrons. The van der Waals surface area contributed by atoms with E-state index >= 15 is 0 Å². The first kappa shape index (κ1) is 26.2. The monoisotopic (exact) mass is 340 g/mol. The van der Waals surface area contributed by atoms with Gasteiger partial charge in [0, 0.05) is 0 Å². The fourth-order valence-corrected chi connectivity index (χ4v) is 3.02. The number of hydrogen-bond acceptors (Lipinski definition) is 0. The third-order valence-electron chi connectivity index (χ3n) is 5.20. The molecule has 0 saturated carbocycles. The Morgan fingerprint density at radius 3 is 0.958 bits per heavy atom. The third kappa shape index (κ3) is 26.9. The van der Waals surface area contributed by atoms with E-state index < -0.39 is 0 Å². The number of unbranched alkanes of at least 4 members (excludes halogenated alkanes) is 14. The Morgan fingerprint density at radius 1 is 0.417 bits per heavy atom. The minimum atomic E-state index is 0.954. The van der Waals surface area contributed by atoms with Gasteiger partial charge in [-0.05, 0) is 5.92 Å². The van der Waals surface area contributed by atoms with E-state index in [1.165, 1.54) is 116 Å². The molecule has 0 radical (unpaired) electrons. The maximum Gasteiger partial charge on any atom is -0.0445 e. The van der Waals surface area contributed by atoms with Crippen molar-refractivity contribution in [3.8, 4) is 0 Å². The van der Waals surface area contributed by atoms with Gasteiger partial charge < -0.3 is 0 Å². The van der Waals surface area contributed by atoms with Crippen LogP contribution in [0.5, 0.6) is 0 Å². The second-order valence-electron chi connectivity index (χ2n) is 7.90.